The second kappa shape index (κ2) is 13.8. The van der Waals surface area contributed by atoms with E-state index in [0.29, 0.717) is 0 Å². The average Bonchev–Trinajstić information content (AvgIpc) is 3.73. The molecule has 0 amide bonds. The molecule has 0 heterocycles. The molecule has 0 N–H and O–H groups in total. The average molecular weight is 754 g/mol. The van der Waals surface area contributed by atoms with E-state index in [4.69, 9.17) is 0 Å². The molecular weight excluding hydrogens is 709 g/mol. The summed E-state index contributed by atoms with van der Waals surface area (Å²) >= 11 is 0. The minimum Gasteiger partial charge on any atom is -1.00 e. The maximum atomic E-state index is 2.52. The van der Waals surface area contributed by atoms with Crippen LogP contribution in [0.4, 0.5) is 0 Å². The Morgan fingerprint density at radius 2 is 0.831 bits per heavy atom. The third-order valence-corrected chi connectivity index (χ3v) is 13.3. The van der Waals surface area contributed by atoms with Gasteiger partial charge in [-0.25, -0.2) is 0 Å². The van der Waals surface area contributed by atoms with Crippen molar-refractivity contribution in [2.24, 2.45) is 0 Å². The van der Waals surface area contributed by atoms with Crippen LogP contribution in [0.5, 0.6) is 0 Å². The molecule has 2 aliphatic carbocycles. The van der Waals surface area contributed by atoms with E-state index in [1.807, 2.05) is 0 Å². The van der Waals surface area contributed by atoms with E-state index in [2.05, 4.69) is 238 Å². The number of benzene rings is 9. The van der Waals surface area contributed by atoms with Crippen molar-refractivity contribution in [1.82, 2.24) is 0 Å². The predicted molar refractivity (Wildman–Crippen MR) is 247 cm³/mol. The molecule has 0 radical (unpaired) electrons. The molecule has 59 heavy (non-hydrogen) atoms. The van der Waals surface area contributed by atoms with Crippen molar-refractivity contribution < 1.29 is 1.43 Å². The highest BCUT2D eigenvalue weighted by atomic mass is 14.5. The molecule has 282 valence electrons. The van der Waals surface area contributed by atoms with Crippen LogP contribution in [0.2, 0.25) is 0 Å². The fraction of sp³-hybridized carbons (Fsp3) is 0.0847. The first-order chi connectivity index (χ1) is 29.0. The molecule has 0 heteroatoms. The number of fused-ring (bicyclic) bond motifs is 6. The van der Waals surface area contributed by atoms with Crippen molar-refractivity contribution in [3.63, 3.8) is 0 Å². The minimum atomic E-state index is -0.466. The van der Waals surface area contributed by atoms with Crippen molar-refractivity contribution in [3.05, 3.63) is 275 Å². The maximum absolute atomic E-state index is 2.52. The van der Waals surface area contributed by atoms with Gasteiger partial charge in [-0.1, -0.05) is 238 Å². The molecule has 0 aromatic heterocycles. The molecule has 0 aliphatic heterocycles. The molecule has 0 fully saturated rings. The van der Waals surface area contributed by atoms with Gasteiger partial charge >= 0.3 is 0 Å². The van der Waals surface area contributed by atoms with E-state index in [-0.39, 0.29) is 12.8 Å². The SMILES string of the molecule is CC1(C)c2ccccc2-c2ccc(C(c3ccc(-c4ccccc4)cc3)c3ccccc3-c3cccc4c3-c3ccccc3C4(c3ccccc3)c3ccccc3)cc21.[H-]. The van der Waals surface area contributed by atoms with Crippen LogP contribution >= 0.6 is 0 Å². The largest absolute Gasteiger partial charge is 1.00 e. The first kappa shape index (κ1) is 35.2. The van der Waals surface area contributed by atoms with Crippen LogP contribution in [0, 0.1) is 0 Å². The Bertz CT molecular complexity index is 2960. The second-order valence-electron chi connectivity index (χ2n) is 16.7. The van der Waals surface area contributed by atoms with E-state index in [9.17, 15) is 0 Å². The monoisotopic (exact) mass is 753 g/mol. The molecule has 1 unspecified atom stereocenters. The summed E-state index contributed by atoms with van der Waals surface area (Å²) in [7, 11) is 0. The van der Waals surface area contributed by atoms with Crippen molar-refractivity contribution in [2.75, 3.05) is 0 Å². The third kappa shape index (κ3) is 5.37. The van der Waals surface area contributed by atoms with Crippen LogP contribution in [-0.2, 0) is 10.8 Å². The Balaban J connectivity index is 0.00000433. The highest BCUT2D eigenvalue weighted by Crippen LogP contribution is 2.59. The lowest BCUT2D eigenvalue weighted by molar-refractivity contribution is 0.659. The van der Waals surface area contributed by atoms with Crippen LogP contribution in [0.1, 0.15) is 71.3 Å². The number of hydrogen-bond donors (Lipinski definition) is 0. The number of rotatable bonds is 7. The van der Waals surface area contributed by atoms with E-state index in [1.165, 1.54) is 94.6 Å². The van der Waals surface area contributed by atoms with Crippen molar-refractivity contribution >= 4 is 0 Å². The molecule has 0 spiro atoms. The predicted octanol–water partition coefficient (Wildman–Crippen LogP) is 15.0. The molecule has 2 aliphatic rings. The van der Waals surface area contributed by atoms with Crippen molar-refractivity contribution in [3.8, 4) is 44.5 Å². The normalized spacial score (nSPS) is 14.5. The summed E-state index contributed by atoms with van der Waals surface area (Å²) in [5.74, 6) is -0.0126. The fourth-order valence-corrected chi connectivity index (χ4v) is 10.7. The summed E-state index contributed by atoms with van der Waals surface area (Å²) in [4.78, 5) is 0. The van der Waals surface area contributed by atoms with Gasteiger partial charge < -0.3 is 1.43 Å². The van der Waals surface area contributed by atoms with Gasteiger partial charge in [-0.05, 0) is 94.6 Å². The summed E-state index contributed by atoms with van der Waals surface area (Å²) in [5.41, 5.74) is 21.6. The van der Waals surface area contributed by atoms with Gasteiger partial charge in [0.25, 0.3) is 0 Å². The molecule has 1 atom stereocenters. The fourth-order valence-electron chi connectivity index (χ4n) is 10.7. The van der Waals surface area contributed by atoms with E-state index in [1.54, 1.807) is 0 Å². The molecule has 9 aromatic carbocycles. The van der Waals surface area contributed by atoms with E-state index >= 15 is 0 Å². The zero-order valence-electron chi connectivity index (χ0n) is 34.4. The van der Waals surface area contributed by atoms with E-state index < -0.39 is 5.41 Å². The van der Waals surface area contributed by atoms with Crippen LogP contribution < -0.4 is 0 Å². The Morgan fingerprint density at radius 3 is 1.53 bits per heavy atom. The lowest BCUT2D eigenvalue weighted by Gasteiger charge is -2.34. The van der Waals surface area contributed by atoms with Gasteiger partial charge in [0.15, 0.2) is 0 Å². The lowest BCUT2D eigenvalue weighted by Crippen LogP contribution is -2.28. The zero-order valence-corrected chi connectivity index (χ0v) is 33.4. The highest BCUT2D eigenvalue weighted by Gasteiger charge is 2.47. The van der Waals surface area contributed by atoms with Crippen LogP contribution in [0.15, 0.2) is 224 Å². The minimum absolute atomic E-state index is 0. The first-order valence-corrected chi connectivity index (χ1v) is 20.9. The maximum Gasteiger partial charge on any atom is 0.0713 e. The molecule has 0 bridgehead atoms. The van der Waals surface area contributed by atoms with E-state index in [0.717, 1.165) is 0 Å². The molecule has 0 nitrogen and oxygen atoms in total. The van der Waals surface area contributed by atoms with Gasteiger partial charge in [0.1, 0.15) is 0 Å². The first-order valence-electron chi connectivity index (χ1n) is 20.9. The van der Waals surface area contributed by atoms with Gasteiger partial charge in [0.05, 0.1) is 5.41 Å². The van der Waals surface area contributed by atoms with Crippen molar-refractivity contribution in [2.45, 2.75) is 30.6 Å². The Hall–Kier alpha value is -7.02. The summed E-state index contributed by atoms with van der Waals surface area (Å²) in [6.07, 6.45) is 0. The second-order valence-corrected chi connectivity index (χ2v) is 16.7. The summed E-state index contributed by atoms with van der Waals surface area (Å²) in [5, 5.41) is 0. The summed E-state index contributed by atoms with van der Waals surface area (Å²) in [6, 6.07) is 83.8. The van der Waals surface area contributed by atoms with Crippen LogP contribution in [-0.4, -0.2) is 0 Å². The van der Waals surface area contributed by atoms with Crippen LogP contribution in [0.25, 0.3) is 44.5 Å². The number of hydrogen-bond acceptors (Lipinski definition) is 0. The molecule has 0 saturated heterocycles. The lowest BCUT2D eigenvalue weighted by atomic mass is 9.67. The van der Waals surface area contributed by atoms with Crippen LogP contribution in [0.3, 0.4) is 0 Å². The topological polar surface area (TPSA) is 0 Å². The van der Waals surface area contributed by atoms with Gasteiger partial charge in [-0.15, -0.1) is 0 Å². The Labute approximate surface area is 349 Å². The standard InChI is InChI=1S/C59H44.H/c1-58(2)52-30-16-14-26-47(52)48-38-37-43(39-55(48)58)56(42-35-33-41(34-36-42)40-19-6-3-7-20-40)49-27-13-12-25-46(49)50-29-18-32-54-57(50)51-28-15-17-31-53(51)59(54,44-21-8-4-9-22-44)45-23-10-5-11-24-45;/h3-39,56H,1-2H3;/q;-1. The Morgan fingerprint density at radius 1 is 0.339 bits per heavy atom. The third-order valence-electron chi connectivity index (χ3n) is 13.3. The van der Waals surface area contributed by atoms with Gasteiger partial charge in [-0.2, -0.15) is 0 Å². The molecular formula is C59H45-. The zero-order chi connectivity index (χ0) is 39.6. The molecule has 0 saturated carbocycles. The quantitative estimate of drug-likeness (QED) is 0.142. The molecule has 11 rings (SSSR count). The Kier molecular flexibility index (Phi) is 8.24. The van der Waals surface area contributed by atoms with Crippen molar-refractivity contribution in [1.29, 1.82) is 0 Å². The highest BCUT2D eigenvalue weighted by molar-refractivity contribution is 5.96. The summed E-state index contributed by atoms with van der Waals surface area (Å²) < 4.78 is 0. The van der Waals surface area contributed by atoms with Gasteiger partial charge in [-0.3, -0.25) is 0 Å². The smallest absolute Gasteiger partial charge is 0.0713 e. The molecule has 9 aromatic rings. The van der Waals surface area contributed by atoms with Gasteiger partial charge in [0, 0.05) is 11.3 Å². The summed E-state index contributed by atoms with van der Waals surface area (Å²) in [6.45, 7) is 4.77. The van der Waals surface area contributed by atoms with Gasteiger partial charge in [0.2, 0.25) is 0 Å².